The SMILES string of the molecule is OC[C@H]1N=C(c2ccccn2)O[C@H]1c1ccccc1. The predicted molar refractivity (Wildman–Crippen MR) is 71.9 cm³/mol. The zero-order chi connectivity index (χ0) is 13.1. The smallest absolute Gasteiger partial charge is 0.236 e. The molecule has 1 aliphatic heterocycles. The molecule has 0 spiro atoms. The number of aliphatic hydroxyl groups is 1. The van der Waals surface area contributed by atoms with Crippen molar-refractivity contribution >= 4 is 5.90 Å². The van der Waals surface area contributed by atoms with Gasteiger partial charge >= 0.3 is 0 Å². The fraction of sp³-hybridized carbons (Fsp3) is 0.200. The molecular formula is C15H14N2O2. The van der Waals surface area contributed by atoms with Gasteiger partial charge in [-0.1, -0.05) is 36.4 Å². The first kappa shape index (κ1) is 11.9. The Morgan fingerprint density at radius 3 is 2.53 bits per heavy atom. The highest BCUT2D eigenvalue weighted by Gasteiger charge is 2.32. The second-order valence-corrected chi connectivity index (χ2v) is 4.35. The third-order valence-electron chi connectivity index (χ3n) is 3.07. The van der Waals surface area contributed by atoms with E-state index >= 15 is 0 Å². The number of aromatic nitrogens is 1. The first-order valence-corrected chi connectivity index (χ1v) is 6.20. The summed E-state index contributed by atoms with van der Waals surface area (Å²) in [5.74, 6) is 0.494. The minimum atomic E-state index is -0.278. The van der Waals surface area contributed by atoms with E-state index in [1.165, 1.54) is 0 Å². The summed E-state index contributed by atoms with van der Waals surface area (Å²) in [6.07, 6.45) is 1.45. The summed E-state index contributed by atoms with van der Waals surface area (Å²) in [4.78, 5) is 8.64. The topological polar surface area (TPSA) is 54.7 Å². The van der Waals surface area contributed by atoms with Crippen LogP contribution in [0.1, 0.15) is 17.4 Å². The molecule has 0 aliphatic carbocycles. The lowest BCUT2D eigenvalue weighted by atomic mass is 10.0. The highest BCUT2D eigenvalue weighted by atomic mass is 16.5. The molecular weight excluding hydrogens is 240 g/mol. The van der Waals surface area contributed by atoms with E-state index in [0.717, 1.165) is 5.56 Å². The van der Waals surface area contributed by atoms with Gasteiger partial charge in [0.2, 0.25) is 5.90 Å². The largest absolute Gasteiger partial charge is 0.466 e. The molecule has 1 aliphatic rings. The van der Waals surface area contributed by atoms with Crippen LogP contribution in [0.3, 0.4) is 0 Å². The van der Waals surface area contributed by atoms with Crippen molar-refractivity contribution in [2.45, 2.75) is 12.1 Å². The molecule has 0 unspecified atom stereocenters. The second-order valence-electron chi connectivity index (χ2n) is 4.35. The van der Waals surface area contributed by atoms with E-state index in [0.29, 0.717) is 11.6 Å². The van der Waals surface area contributed by atoms with E-state index < -0.39 is 0 Å². The number of hydrogen-bond acceptors (Lipinski definition) is 4. The number of ether oxygens (including phenoxy) is 1. The molecule has 2 atom stereocenters. The van der Waals surface area contributed by atoms with Crippen LogP contribution in [0.15, 0.2) is 59.7 Å². The van der Waals surface area contributed by atoms with Crippen molar-refractivity contribution in [1.82, 2.24) is 4.98 Å². The van der Waals surface area contributed by atoms with Gasteiger partial charge < -0.3 is 9.84 Å². The van der Waals surface area contributed by atoms with Gasteiger partial charge in [-0.2, -0.15) is 0 Å². The van der Waals surface area contributed by atoms with E-state index in [9.17, 15) is 5.11 Å². The van der Waals surface area contributed by atoms with Crippen LogP contribution in [-0.2, 0) is 4.74 Å². The van der Waals surface area contributed by atoms with Crippen LogP contribution in [0.2, 0.25) is 0 Å². The van der Waals surface area contributed by atoms with Crippen LogP contribution < -0.4 is 0 Å². The third kappa shape index (κ3) is 2.35. The third-order valence-corrected chi connectivity index (χ3v) is 3.07. The molecule has 4 nitrogen and oxygen atoms in total. The molecule has 96 valence electrons. The molecule has 4 heteroatoms. The summed E-state index contributed by atoms with van der Waals surface area (Å²) in [6.45, 7) is -0.0457. The van der Waals surface area contributed by atoms with Gasteiger partial charge in [-0.25, -0.2) is 4.99 Å². The molecule has 3 rings (SSSR count). The first-order chi connectivity index (χ1) is 9.38. The number of aliphatic imine (C=N–C) groups is 1. The molecule has 2 heterocycles. The van der Waals surface area contributed by atoms with E-state index in [2.05, 4.69) is 9.98 Å². The molecule has 0 bridgehead atoms. The molecule has 0 saturated carbocycles. The first-order valence-electron chi connectivity index (χ1n) is 6.20. The molecule has 2 aromatic rings. The Balaban J connectivity index is 1.88. The fourth-order valence-electron chi connectivity index (χ4n) is 2.13. The average Bonchev–Trinajstić information content (AvgIpc) is 2.93. The molecule has 0 radical (unpaired) electrons. The fourth-order valence-corrected chi connectivity index (χ4v) is 2.13. The molecule has 0 saturated heterocycles. The highest BCUT2D eigenvalue weighted by molar-refractivity contribution is 5.93. The van der Waals surface area contributed by atoms with Crippen molar-refractivity contribution in [3.05, 3.63) is 66.0 Å². The van der Waals surface area contributed by atoms with Gasteiger partial charge in [0.05, 0.1) is 6.61 Å². The molecule has 0 amide bonds. The van der Waals surface area contributed by atoms with Gasteiger partial charge in [0, 0.05) is 6.20 Å². The predicted octanol–water partition coefficient (Wildman–Crippen LogP) is 1.96. The Hall–Kier alpha value is -2.20. The van der Waals surface area contributed by atoms with Gasteiger partial charge in [0.1, 0.15) is 11.7 Å². The van der Waals surface area contributed by atoms with E-state index in [-0.39, 0.29) is 18.8 Å². The summed E-state index contributed by atoms with van der Waals surface area (Å²) in [5.41, 5.74) is 1.70. The van der Waals surface area contributed by atoms with Gasteiger partial charge in [0.25, 0.3) is 0 Å². The lowest BCUT2D eigenvalue weighted by Gasteiger charge is -2.16. The molecule has 0 fully saturated rings. The average molecular weight is 254 g/mol. The Kier molecular flexibility index (Phi) is 3.25. The molecule has 1 aromatic heterocycles. The van der Waals surface area contributed by atoms with Crippen LogP contribution in [0.25, 0.3) is 0 Å². The summed E-state index contributed by atoms with van der Waals surface area (Å²) >= 11 is 0. The summed E-state index contributed by atoms with van der Waals surface area (Å²) in [6, 6.07) is 15.1. The van der Waals surface area contributed by atoms with Crippen molar-refractivity contribution in [3.8, 4) is 0 Å². The second kappa shape index (κ2) is 5.20. The lowest BCUT2D eigenvalue weighted by molar-refractivity contribution is 0.151. The Morgan fingerprint density at radius 1 is 1.05 bits per heavy atom. The monoisotopic (exact) mass is 254 g/mol. The molecule has 1 aromatic carbocycles. The zero-order valence-corrected chi connectivity index (χ0v) is 10.3. The van der Waals surface area contributed by atoms with Crippen LogP contribution >= 0.6 is 0 Å². The van der Waals surface area contributed by atoms with Crippen molar-refractivity contribution < 1.29 is 9.84 Å². The number of rotatable bonds is 3. The van der Waals surface area contributed by atoms with Gasteiger partial charge in [0.15, 0.2) is 6.10 Å². The minimum Gasteiger partial charge on any atom is -0.466 e. The quantitative estimate of drug-likeness (QED) is 0.911. The normalized spacial score (nSPS) is 21.8. The maximum absolute atomic E-state index is 9.45. The maximum atomic E-state index is 9.45. The van der Waals surface area contributed by atoms with Crippen LogP contribution in [-0.4, -0.2) is 28.6 Å². The van der Waals surface area contributed by atoms with Crippen LogP contribution in [0.4, 0.5) is 0 Å². The summed E-state index contributed by atoms with van der Waals surface area (Å²) in [7, 11) is 0. The van der Waals surface area contributed by atoms with E-state index in [1.54, 1.807) is 6.20 Å². The van der Waals surface area contributed by atoms with Crippen LogP contribution in [0, 0.1) is 0 Å². The van der Waals surface area contributed by atoms with Gasteiger partial charge in [-0.15, -0.1) is 0 Å². The van der Waals surface area contributed by atoms with E-state index in [4.69, 9.17) is 4.74 Å². The van der Waals surface area contributed by atoms with Crippen molar-refractivity contribution in [1.29, 1.82) is 0 Å². The maximum Gasteiger partial charge on any atom is 0.236 e. The summed E-state index contributed by atoms with van der Waals surface area (Å²) < 4.78 is 5.86. The number of nitrogens with zero attached hydrogens (tertiary/aromatic N) is 2. The zero-order valence-electron chi connectivity index (χ0n) is 10.3. The Labute approximate surface area is 111 Å². The number of aliphatic hydroxyl groups excluding tert-OH is 1. The number of benzene rings is 1. The lowest BCUT2D eigenvalue weighted by Crippen LogP contribution is -2.17. The number of pyridine rings is 1. The van der Waals surface area contributed by atoms with Crippen molar-refractivity contribution in [2.24, 2.45) is 4.99 Å². The van der Waals surface area contributed by atoms with Crippen molar-refractivity contribution in [2.75, 3.05) is 6.61 Å². The molecule has 1 N–H and O–H groups in total. The molecule has 19 heavy (non-hydrogen) atoms. The van der Waals surface area contributed by atoms with Crippen LogP contribution in [0.5, 0.6) is 0 Å². The minimum absolute atomic E-state index is 0.0457. The summed E-state index contributed by atoms with van der Waals surface area (Å²) in [5, 5.41) is 9.45. The van der Waals surface area contributed by atoms with Crippen molar-refractivity contribution in [3.63, 3.8) is 0 Å². The Bertz CT molecular complexity index is 569. The highest BCUT2D eigenvalue weighted by Crippen LogP contribution is 2.30. The van der Waals surface area contributed by atoms with E-state index in [1.807, 2.05) is 48.5 Å². The van der Waals surface area contributed by atoms with Gasteiger partial charge in [-0.3, -0.25) is 4.98 Å². The van der Waals surface area contributed by atoms with Gasteiger partial charge in [-0.05, 0) is 17.7 Å². The standard InChI is InChI=1S/C15H14N2O2/c18-10-13-14(11-6-2-1-3-7-11)19-15(17-13)12-8-4-5-9-16-12/h1-9,13-14,18H,10H2/t13-,14+/m1/s1. The Morgan fingerprint density at radius 2 is 1.84 bits per heavy atom. The number of hydrogen-bond donors (Lipinski definition) is 1.